The summed E-state index contributed by atoms with van der Waals surface area (Å²) in [4.78, 5) is 12.0. The van der Waals surface area contributed by atoms with Crippen LogP contribution in [-0.4, -0.2) is 5.91 Å². The van der Waals surface area contributed by atoms with Crippen LogP contribution in [0.3, 0.4) is 0 Å². The highest BCUT2D eigenvalue weighted by Crippen LogP contribution is 2.15. The molecule has 0 aliphatic carbocycles. The van der Waals surface area contributed by atoms with Gasteiger partial charge in [0, 0.05) is 17.8 Å². The SMILES string of the molecule is Cc1ccc(CC(=O)Nc2ccc(F)c(CN)c2)cc1C. The Hall–Kier alpha value is -2.20. The first-order valence-electron chi connectivity index (χ1n) is 6.84. The minimum absolute atomic E-state index is 0.104. The predicted molar refractivity (Wildman–Crippen MR) is 82.5 cm³/mol. The fourth-order valence-electron chi connectivity index (χ4n) is 2.11. The maximum Gasteiger partial charge on any atom is 0.228 e. The van der Waals surface area contributed by atoms with Crippen LogP contribution in [0.1, 0.15) is 22.3 Å². The second kappa shape index (κ2) is 6.50. The lowest BCUT2D eigenvalue weighted by Gasteiger charge is -2.09. The molecule has 4 heteroatoms. The molecule has 2 rings (SSSR count). The number of nitrogens with one attached hydrogen (secondary N) is 1. The van der Waals surface area contributed by atoms with E-state index < -0.39 is 0 Å². The first-order chi connectivity index (χ1) is 9.99. The van der Waals surface area contributed by atoms with Gasteiger partial charge in [-0.2, -0.15) is 0 Å². The van der Waals surface area contributed by atoms with E-state index in [-0.39, 0.29) is 24.7 Å². The molecule has 110 valence electrons. The third-order valence-corrected chi connectivity index (χ3v) is 3.49. The highest BCUT2D eigenvalue weighted by molar-refractivity contribution is 5.92. The molecule has 3 nitrogen and oxygen atoms in total. The van der Waals surface area contributed by atoms with Gasteiger partial charge >= 0.3 is 0 Å². The Balaban J connectivity index is 2.06. The maximum atomic E-state index is 13.3. The molecule has 0 fully saturated rings. The fourth-order valence-corrected chi connectivity index (χ4v) is 2.11. The number of amides is 1. The molecule has 2 aromatic carbocycles. The summed E-state index contributed by atoms with van der Waals surface area (Å²) >= 11 is 0. The number of hydrogen-bond donors (Lipinski definition) is 2. The Morgan fingerprint density at radius 2 is 1.90 bits per heavy atom. The second-order valence-electron chi connectivity index (χ2n) is 5.15. The molecular formula is C17H19FN2O. The van der Waals surface area contributed by atoms with Crippen molar-refractivity contribution in [3.8, 4) is 0 Å². The van der Waals surface area contributed by atoms with Crippen molar-refractivity contribution in [3.63, 3.8) is 0 Å². The summed E-state index contributed by atoms with van der Waals surface area (Å²) in [5.41, 5.74) is 9.72. The topological polar surface area (TPSA) is 55.1 Å². The molecule has 2 aromatic rings. The molecule has 0 aromatic heterocycles. The molecule has 21 heavy (non-hydrogen) atoms. The van der Waals surface area contributed by atoms with Crippen molar-refractivity contribution >= 4 is 11.6 Å². The van der Waals surface area contributed by atoms with Crippen molar-refractivity contribution < 1.29 is 9.18 Å². The van der Waals surface area contributed by atoms with Gasteiger partial charge in [-0.15, -0.1) is 0 Å². The van der Waals surface area contributed by atoms with E-state index in [0.29, 0.717) is 11.3 Å². The monoisotopic (exact) mass is 286 g/mol. The average Bonchev–Trinajstić information content (AvgIpc) is 2.45. The molecule has 0 heterocycles. The predicted octanol–water partition coefficient (Wildman–Crippen LogP) is 3.08. The number of nitrogens with two attached hydrogens (primary N) is 1. The van der Waals surface area contributed by atoms with Crippen molar-refractivity contribution in [2.75, 3.05) is 5.32 Å². The van der Waals surface area contributed by atoms with Gasteiger partial charge < -0.3 is 11.1 Å². The number of aryl methyl sites for hydroxylation is 2. The van der Waals surface area contributed by atoms with Gasteiger partial charge in [0.2, 0.25) is 5.91 Å². The normalized spacial score (nSPS) is 10.5. The Morgan fingerprint density at radius 1 is 1.14 bits per heavy atom. The third-order valence-electron chi connectivity index (χ3n) is 3.49. The van der Waals surface area contributed by atoms with Gasteiger partial charge in [-0.3, -0.25) is 4.79 Å². The first-order valence-corrected chi connectivity index (χ1v) is 6.84. The van der Waals surface area contributed by atoms with Crippen LogP contribution < -0.4 is 11.1 Å². The summed E-state index contributed by atoms with van der Waals surface area (Å²) in [6.45, 7) is 4.16. The molecule has 1 amide bonds. The first kappa shape index (κ1) is 15.2. The van der Waals surface area contributed by atoms with E-state index in [2.05, 4.69) is 5.32 Å². The number of halogens is 1. The van der Waals surface area contributed by atoms with Gasteiger partial charge in [-0.05, 0) is 48.7 Å². The van der Waals surface area contributed by atoms with Crippen LogP contribution in [-0.2, 0) is 17.8 Å². The van der Waals surface area contributed by atoms with E-state index in [1.54, 1.807) is 6.07 Å². The number of carbonyl (C=O) groups excluding carboxylic acids is 1. The molecule has 0 aliphatic heterocycles. The molecule has 0 radical (unpaired) electrons. The van der Waals surface area contributed by atoms with Gasteiger partial charge in [-0.1, -0.05) is 18.2 Å². The smallest absolute Gasteiger partial charge is 0.228 e. The van der Waals surface area contributed by atoms with Crippen LogP contribution in [0.5, 0.6) is 0 Å². The van der Waals surface area contributed by atoms with Gasteiger partial charge in [-0.25, -0.2) is 4.39 Å². The fraction of sp³-hybridized carbons (Fsp3) is 0.235. The lowest BCUT2D eigenvalue weighted by molar-refractivity contribution is -0.115. The van der Waals surface area contributed by atoms with E-state index in [9.17, 15) is 9.18 Å². The van der Waals surface area contributed by atoms with E-state index in [1.807, 2.05) is 32.0 Å². The third kappa shape index (κ3) is 3.89. The highest BCUT2D eigenvalue weighted by Gasteiger charge is 2.07. The van der Waals surface area contributed by atoms with Gasteiger partial charge in [0.25, 0.3) is 0 Å². The van der Waals surface area contributed by atoms with Crippen LogP contribution in [0.25, 0.3) is 0 Å². The molecule has 0 unspecified atom stereocenters. The number of rotatable bonds is 4. The molecule has 0 saturated heterocycles. The second-order valence-corrected chi connectivity index (χ2v) is 5.15. The van der Waals surface area contributed by atoms with Crippen molar-refractivity contribution in [1.29, 1.82) is 0 Å². The molecule has 0 bridgehead atoms. The van der Waals surface area contributed by atoms with E-state index in [4.69, 9.17) is 5.73 Å². The van der Waals surface area contributed by atoms with E-state index in [1.165, 1.54) is 17.7 Å². The minimum Gasteiger partial charge on any atom is -0.326 e. The average molecular weight is 286 g/mol. The summed E-state index contributed by atoms with van der Waals surface area (Å²) in [5, 5.41) is 2.77. The number of benzene rings is 2. The zero-order valence-corrected chi connectivity index (χ0v) is 12.2. The van der Waals surface area contributed by atoms with Crippen molar-refractivity contribution in [2.45, 2.75) is 26.8 Å². The van der Waals surface area contributed by atoms with Gasteiger partial charge in [0.05, 0.1) is 6.42 Å². The van der Waals surface area contributed by atoms with Crippen LogP contribution in [0, 0.1) is 19.7 Å². The summed E-state index contributed by atoms with van der Waals surface area (Å²) in [6, 6.07) is 10.4. The summed E-state index contributed by atoms with van der Waals surface area (Å²) < 4.78 is 13.3. The molecule has 0 spiro atoms. The Morgan fingerprint density at radius 3 is 2.57 bits per heavy atom. The summed E-state index contributed by atoms with van der Waals surface area (Å²) in [7, 11) is 0. The number of carbonyl (C=O) groups is 1. The van der Waals surface area contributed by atoms with E-state index >= 15 is 0 Å². The van der Waals surface area contributed by atoms with Gasteiger partial charge in [0.1, 0.15) is 5.82 Å². The highest BCUT2D eigenvalue weighted by atomic mass is 19.1. The summed E-state index contributed by atoms with van der Waals surface area (Å²) in [6.07, 6.45) is 0.288. The zero-order valence-electron chi connectivity index (χ0n) is 12.2. The molecule has 0 atom stereocenters. The molecular weight excluding hydrogens is 267 g/mol. The Labute approximate surface area is 124 Å². The Kier molecular flexibility index (Phi) is 4.70. The van der Waals surface area contributed by atoms with Crippen LogP contribution in [0.15, 0.2) is 36.4 Å². The van der Waals surface area contributed by atoms with Crippen LogP contribution in [0.4, 0.5) is 10.1 Å². The number of hydrogen-bond acceptors (Lipinski definition) is 2. The van der Waals surface area contributed by atoms with Gasteiger partial charge in [0.15, 0.2) is 0 Å². The number of anilines is 1. The van der Waals surface area contributed by atoms with Crippen molar-refractivity contribution in [1.82, 2.24) is 0 Å². The van der Waals surface area contributed by atoms with Crippen LogP contribution >= 0.6 is 0 Å². The maximum absolute atomic E-state index is 13.3. The van der Waals surface area contributed by atoms with Crippen LogP contribution in [0.2, 0.25) is 0 Å². The van der Waals surface area contributed by atoms with E-state index in [0.717, 1.165) is 11.1 Å². The van der Waals surface area contributed by atoms with Crippen molar-refractivity contribution in [3.05, 3.63) is 64.5 Å². The standard InChI is InChI=1S/C17H19FN2O/c1-11-3-4-13(7-12(11)2)8-17(21)20-15-5-6-16(18)14(9-15)10-19/h3-7,9H,8,10,19H2,1-2H3,(H,20,21). The molecule has 0 aliphatic rings. The lowest BCUT2D eigenvalue weighted by Crippen LogP contribution is -2.15. The summed E-state index contributed by atoms with van der Waals surface area (Å²) in [5.74, 6) is -0.488. The lowest BCUT2D eigenvalue weighted by atomic mass is 10.0. The Bertz CT molecular complexity index is 668. The van der Waals surface area contributed by atoms with Crippen molar-refractivity contribution in [2.24, 2.45) is 5.73 Å². The zero-order chi connectivity index (χ0) is 15.4. The molecule has 3 N–H and O–H groups in total. The largest absolute Gasteiger partial charge is 0.326 e. The quantitative estimate of drug-likeness (QED) is 0.907. The molecule has 0 saturated carbocycles. The minimum atomic E-state index is -0.357.